The number of hydrogen-bond donors (Lipinski definition) is 2. The van der Waals surface area contributed by atoms with Gasteiger partial charge in [0.15, 0.2) is 5.11 Å². The van der Waals surface area contributed by atoms with Crippen molar-refractivity contribution in [2.75, 3.05) is 47.0 Å². The summed E-state index contributed by atoms with van der Waals surface area (Å²) >= 11 is 5.20. The Balaban J connectivity index is 2.14. The summed E-state index contributed by atoms with van der Waals surface area (Å²) in [6.07, 6.45) is 0.214. The lowest BCUT2D eigenvalue weighted by Gasteiger charge is -2.30. The molecule has 0 amide bonds. The van der Waals surface area contributed by atoms with E-state index in [2.05, 4.69) is 22.6 Å². The van der Waals surface area contributed by atoms with Crippen LogP contribution in [0, 0.1) is 0 Å². The average Bonchev–Trinajstić information content (AvgIpc) is 2.27. The van der Waals surface area contributed by atoms with Gasteiger partial charge in [0.25, 0.3) is 0 Å². The Kier molecular flexibility index (Phi) is 6.72. The van der Waals surface area contributed by atoms with Gasteiger partial charge < -0.3 is 25.0 Å². The van der Waals surface area contributed by atoms with Crippen LogP contribution in [0.25, 0.3) is 0 Å². The number of nitrogens with one attached hydrogen (secondary N) is 2. The van der Waals surface area contributed by atoms with Crippen molar-refractivity contribution in [3.05, 3.63) is 0 Å². The van der Waals surface area contributed by atoms with Crippen molar-refractivity contribution < 1.29 is 9.47 Å². The fourth-order valence-corrected chi connectivity index (χ4v) is 2.05. The number of likely N-dealkylation sites (N-methyl/N-ethyl adjacent to an activating group) is 1. The van der Waals surface area contributed by atoms with Crippen LogP contribution in [0.4, 0.5) is 0 Å². The fraction of sp³-hybridized carbons (Fsp3) is 0.909. The highest BCUT2D eigenvalue weighted by Crippen LogP contribution is 2.01. The van der Waals surface area contributed by atoms with E-state index >= 15 is 0 Å². The normalized spacial score (nSPS) is 23.1. The number of methoxy groups -OCH3 is 1. The van der Waals surface area contributed by atoms with Crippen LogP contribution in [0.3, 0.4) is 0 Å². The quantitative estimate of drug-likeness (QED) is 0.669. The first-order valence-corrected chi connectivity index (χ1v) is 6.36. The summed E-state index contributed by atoms with van der Waals surface area (Å²) in [5.41, 5.74) is 0. The third-order valence-corrected chi connectivity index (χ3v) is 2.89. The lowest BCUT2D eigenvalue weighted by Crippen LogP contribution is -2.49. The molecule has 1 heterocycles. The first-order valence-electron chi connectivity index (χ1n) is 5.95. The highest BCUT2D eigenvalue weighted by atomic mass is 32.1. The van der Waals surface area contributed by atoms with Crippen LogP contribution in [0.2, 0.25) is 0 Å². The van der Waals surface area contributed by atoms with Gasteiger partial charge in [0.1, 0.15) is 0 Å². The van der Waals surface area contributed by atoms with E-state index in [-0.39, 0.29) is 12.1 Å². The summed E-state index contributed by atoms with van der Waals surface area (Å²) in [7, 11) is 3.78. The SMILES string of the molecule is COCC(C)NC(=S)NCC1CN(C)CCO1. The second-order valence-electron chi connectivity index (χ2n) is 4.47. The van der Waals surface area contributed by atoms with Gasteiger partial charge in [-0.05, 0) is 26.2 Å². The first-order chi connectivity index (χ1) is 8.11. The van der Waals surface area contributed by atoms with Crippen LogP contribution in [0.15, 0.2) is 0 Å². The molecule has 1 rings (SSSR count). The molecule has 2 N–H and O–H groups in total. The predicted molar refractivity (Wildman–Crippen MR) is 72.3 cm³/mol. The Morgan fingerprint density at radius 2 is 2.41 bits per heavy atom. The summed E-state index contributed by atoms with van der Waals surface area (Å²) in [5, 5.41) is 6.99. The molecule has 2 atom stereocenters. The van der Waals surface area contributed by atoms with Crippen LogP contribution in [-0.2, 0) is 9.47 Å². The molecule has 0 saturated carbocycles. The van der Waals surface area contributed by atoms with Crippen molar-refractivity contribution in [3.8, 4) is 0 Å². The van der Waals surface area contributed by atoms with Gasteiger partial charge in [-0.25, -0.2) is 0 Å². The second kappa shape index (κ2) is 7.81. The van der Waals surface area contributed by atoms with Crippen molar-refractivity contribution in [2.24, 2.45) is 0 Å². The van der Waals surface area contributed by atoms with E-state index in [1.165, 1.54) is 0 Å². The minimum atomic E-state index is 0.214. The van der Waals surface area contributed by atoms with Crippen LogP contribution < -0.4 is 10.6 Å². The molecule has 1 aliphatic rings. The molecule has 0 bridgehead atoms. The zero-order chi connectivity index (χ0) is 12.7. The molecular formula is C11H23N3O2S. The van der Waals surface area contributed by atoms with E-state index < -0.39 is 0 Å². The maximum absolute atomic E-state index is 5.63. The number of morpholine rings is 1. The van der Waals surface area contributed by atoms with Gasteiger partial charge in [0, 0.05) is 32.8 Å². The van der Waals surface area contributed by atoms with E-state index in [0.717, 1.165) is 26.2 Å². The zero-order valence-electron chi connectivity index (χ0n) is 10.9. The molecule has 1 saturated heterocycles. The summed E-state index contributed by atoms with van der Waals surface area (Å²) in [5.74, 6) is 0. The first kappa shape index (κ1) is 14.6. The number of hydrogen-bond acceptors (Lipinski definition) is 4. The standard InChI is InChI=1S/C11H23N3O2S/c1-9(8-15-3)13-11(17)12-6-10-7-14(2)4-5-16-10/h9-10H,4-8H2,1-3H3,(H2,12,13,17). The molecule has 0 aromatic carbocycles. The van der Waals surface area contributed by atoms with Gasteiger partial charge >= 0.3 is 0 Å². The number of rotatable bonds is 5. The predicted octanol–water partition coefficient (Wildman–Crippen LogP) is -0.184. The van der Waals surface area contributed by atoms with Crippen molar-refractivity contribution in [1.29, 1.82) is 0 Å². The van der Waals surface area contributed by atoms with Crippen LogP contribution in [0.5, 0.6) is 0 Å². The Hall–Kier alpha value is -0.430. The molecule has 1 fully saturated rings. The summed E-state index contributed by atoms with van der Waals surface area (Å²) in [6, 6.07) is 0.218. The van der Waals surface area contributed by atoms with Crippen molar-refractivity contribution in [1.82, 2.24) is 15.5 Å². The van der Waals surface area contributed by atoms with Gasteiger partial charge in [0.05, 0.1) is 19.3 Å². The van der Waals surface area contributed by atoms with Crippen LogP contribution >= 0.6 is 12.2 Å². The van der Waals surface area contributed by atoms with Crippen LogP contribution in [0.1, 0.15) is 6.92 Å². The molecule has 2 unspecified atom stereocenters. The fourth-order valence-electron chi connectivity index (χ4n) is 1.76. The van der Waals surface area contributed by atoms with E-state index in [9.17, 15) is 0 Å². The van der Waals surface area contributed by atoms with Crippen LogP contribution in [-0.4, -0.2) is 69.2 Å². The molecular weight excluding hydrogens is 238 g/mol. The Morgan fingerprint density at radius 3 is 3.06 bits per heavy atom. The minimum absolute atomic E-state index is 0.214. The van der Waals surface area contributed by atoms with E-state index in [1.54, 1.807) is 7.11 Å². The van der Waals surface area contributed by atoms with Gasteiger partial charge in [-0.3, -0.25) is 0 Å². The average molecular weight is 261 g/mol. The molecule has 1 aliphatic heterocycles. The van der Waals surface area contributed by atoms with Gasteiger partial charge in [-0.2, -0.15) is 0 Å². The molecule has 0 spiro atoms. The summed E-state index contributed by atoms with van der Waals surface area (Å²) in [6.45, 7) is 6.17. The van der Waals surface area contributed by atoms with Crippen molar-refractivity contribution >= 4 is 17.3 Å². The lowest BCUT2D eigenvalue weighted by atomic mass is 10.3. The largest absolute Gasteiger partial charge is 0.383 e. The lowest BCUT2D eigenvalue weighted by molar-refractivity contribution is -0.0160. The minimum Gasteiger partial charge on any atom is -0.383 e. The number of ether oxygens (including phenoxy) is 2. The second-order valence-corrected chi connectivity index (χ2v) is 4.87. The van der Waals surface area contributed by atoms with Gasteiger partial charge in [-0.15, -0.1) is 0 Å². The number of nitrogens with zero attached hydrogens (tertiary/aromatic N) is 1. The maximum atomic E-state index is 5.63. The molecule has 5 nitrogen and oxygen atoms in total. The summed E-state index contributed by atoms with van der Waals surface area (Å²) < 4.78 is 10.7. The van der Waals surface area contributed by atoms with Gasteiger partial charge in [-0.1, -0.05) is 0 Å². The topological polar surface area (TPSA) is 45.8 Å². The Labute approximate surface area is 109 Å². The van der Waals surface area contributed by atoms with E-state index in [0.29, 0.717) is 11.7 Å². The molecule has 100 valence electrons. The van der Waals surface area contributed by atoms with Crippen molar-refractivity contribution in [2.45, 2.75) is 19.1 Å². The van der Waals surface area contributed by atoms with E-state index in [1.807, 2.05) is 6.92 Å². The molecule has 0 aromatic rings. The van der Waals surface area contributed by atoms with Gasteiger partial charge in [0.2, 0.25) is 0 Å². The molecule has 17 heavy (non-hydrogen) atoms. The highest BCUT2D eigenvalue weighted by Gasteiger charge is 2.17. The highest BCUT2D eigenvalue weighted by molar-refractivity contribution is 7.80. The third-order valence-electron chi connectivity index (χ3n) is 2.63. The molecule has 0 radical (unpaired) electrons. The van der Waals surface area contributed by atoms with Crippen molar-refractivity contribution in [3.63, 3.8) is 0 Å². The molecule has 0 aliphatic carbocycles. The Bertz CT molecular complexity index is 241. The number of thiocarbonyl (C=S) groups is 1. The molecule has 6 heteroatoms. The Morgan fingerprint density at radius 1 is 1.65 bits per heavy atom. The molecule has 0 aromatic heterocycles. The summed E-state index contributed by atoms with van der Waals surface area (Å²) in [4.78, 5) is 2.26. The smallest absolute Gasteiger partial charge is 0.166 e. The third kappa shape index (κ3) is 6.16. The maximum Gasteiger partial charge on any atom is 0.166 e. The van der Waals surface area contributed by atoms with E-state index in [4.69, 9.17) is 21.7 Å². The zero-order valence-corrected chi connectivity index (χ0v) is 11.7. The monoisotopic (exact) mass is 261 g/mol.